The van der Waals surface area contributed by atoms with Gasteiger partial charge in [-0.2, -0.15) is 0 Å². The molecule has 1 saturated heterocycles. The van der Waals surface area contributed by atoms with Crippen LogP contribution in [0.5, 0.6) is 0 Å². The highest BCUT2D eigenvalue weighted by Crippen LogP contribution is 2.31. The summed E-state index contributed by atoms with van der Waals surface area (Å²) in [7, 11) is 0. The van der Waals surface area contributed by atoms with Crippen LogP contribution >= 0.6 is 0 Å². The molecule has 18 heavy (non-hydrogen) atoms. The predicted molar refractivity (Wildman–Crippen MR) is 75.7 cm³/mol. The molecule has 2 rings (SSSR count). The molecule has 0 aromatic carbocycles. The molecule has 0 aromatic rings. The Balaban J connectivity index is 1.94. The van der Waals surface area contributed by atoms with Gasteiger partial charge in [0.15, 0.2) is 0 Å². The Bertz CT molecular complexity index is 233. The standard InChI is InChI=1S/C15H30N2O/c1-2-17(14-7-4-3-5-8-14)12-15(11-16)9-6-10-18-13-15/h14H,2-13,16H2,1H3. The number of nitrogens with two attached hydrogens (primary N) is 1. The molecule has 0 aromatic heterocycles. The van der Waals surface area contributed by atoms with Crippen LogP contribution in [0.2, 0.25) is 0 Å². The largest absolute Gasteiger partial charge is 0.381 e. The van der Waals surface area contributed by atoms with Crippen LogP contribution < -0.4 is 5.73 Å². The van der Waals surface area contributed by atoms with Gasteiger partial charge in [0.2, 0.25) is 0 Å². The first kappa shape index (κ1) is 14.3. The van der Waals surface area contributed by atoms with E-state index in [2.05, 4.69) is 11.8 Å². The minimum Gasteiger partial charge on any atom is -0.381 e. The van der Waals surface area contributed by atoms with E-state index in [0.717, 1.165) is 38.9 Å². The molecule has 1 saturated carbocycles. The Hall–Kier alpha value is -0.120. The summed E-state index contributed by atoms with van der Waals surface area (Å²) < 4.78 is 5.70. The van der Waals surface area contributed by atoms with Crippen molar-refractivity contribution in [3.05, 3.63) is 0 Å². The number of nitrogens with zero attached hydrogens (tertiary/aromatic N) is 1. The van der Waals surface area contributed by atoms with Crippen molar-refractivity contribution in [3.8, 4) is 0 Å². The van der Waals surface area contributed by atoms with Crippen molar-refractivity contribution in [1.29, 1.82) is 0 Å². The van der Waals surface area contributed by atoms with Crippen LogP contribution in [0.3, 0.4) is 0 Å². The van der Waals surface area contributed by atoms with E-state index in [4.69, 9.17) is 10.5 Å². The lowest BCUT2D eigenvalue weighted by Crippen LogP contribution is -2.50. The monoisotopic (exact) mass is 254 g/mol. The molecule has 1 aliphatic heterocycles. The third kappa shape index (κ3) is 3.46. The van der Waals surface area contributed by atoms with Crippen molar-refractivity contribution in [3.63, 3.8) is 0 Å². The first-order chi connectivity index (χ1) is 8.79. The summed E-state index contributed by atoms with van der Waals surface area (Å²) in [4.78, 5) is 2.68. The third-order valence-corrected chi connectivity index (χ3v) is 4.87. The average Bonchev–Trinajstić information content (AvgIpc) is 2.47. The molecule has 3 heteroatoms. The number of hydrogen-bond donors (Lipinski definition) is 1. The Morgan fingerprint density at radius 2 is 2.00 bits per heavy atom. The van der Waals surface area contributed by atoms with Crippen molar-refractivity contribution < 1.29 is 4.74 Å². The molecule has 1 atom stereocenters. The lowest BCUT2D eigenvalue weighted by atomic mass is 9.81. The smallest absolute Gasteiger partial charge is 0.0546 e. The summed E-state index contributed by atoms with van der Waals surface area (Å²) in [6.07, 6.45) is 9.44. The first-order valence-corrected chi connectivity index (χ1v) is 7.81. The fraction of sp³-hybridized carbons (Fsp3) is 1.00. The second-order valence-corrected chi connectivity index (χ2v) is 6.22. The SMILES string of the molecule is CCN(CC1(CN)CCCOC1)C1CCCCC1. The Kier molecular flexibility index (Phi) is 5.46. The van der Waals surface area contributed by atoms with Gasteiger partial charge in [0, 0.05) is 31.2 Å². The fourth-order valence-corrected chi connectivity index (χ4v) is 3.64. The quantitative estimate of drug-likeness (QED) is 0.819. The highest BCUT2D eigenvalue weighted by Gasteiger charge is 2.35. The van der Waals surface area contributed by atoms with Gasteiger partial charge >= 0.3 is 0 Å². The van der Waals surface area contributed by atoms with Gasteiger partial charge in [-0.1, -0.05) is 26.2 Å². The maximum absolute atomic E-state index is 6.06. The van der Waals surface area contributed by atoms with Gasteiger partial charge in [0.05, 0.1) is 6.61 Å². The Labute approximate surface area is 112 Å². The van der Waals surface area contributed by atoms with E-state index in [9.17, 15) is 0 Å². The zero-order chi connectivity index (χ0) is 12.8. The van der Waals surface area contributed by atoms with Gasteiger partial charge < -0.3 is 10.5 Å². The van der Waals surface area contributed by atoms with Gasteiger partial charge in [-0.3, -0.25) is 4.90 Å². The summed E-state index contributed by atoms with van der Waals surface area (Å²) in [5.74, 6) is 0. The lowest BCUT2D eigenvalue weighted by molar-refractivity contribution is -0.0305. The molecule has 2 aliphatic rings. The second-order valence-electron chi connectivity index (χ2n) is 6.22. The minimum absolute atomic E-state index is 0.228. The maximum Gasteiger partial charge on any atom is 0.0546 e. The van der Waals surface area contributed by atoms with E-state index in [1.807, 2.05) is 0 Å². The lowest BCUT2D eigenvalue weighted by Gasteiger charge is -2.43. The average molecular weight is 254 g/mol. The maximum atomic E-state index is 6.06. The number of ether oxygens (including phenoxy) is 1. The van der Waals surface area contributed by atoms with Crippen LogP contribution in [0.25, 0.3) is 0 Å². The second kappa shape index (κ2) is 6.88. The fourth-order valence-electron chi connectivity index (χ4n) is 3.64. The molecule has 1 unspecified atom stereocenters. The van der Waals surface area contributed by atoms with Crippen LogP contribution in [-0.2, 0) is 4.74 Å². The molecule has 106 valence electrons. The molecule has 2 fully saturated rings. The van der Waals surface area contributed by atoms with E-state index >= 15 is 0 Å². The van der Waals surface area contributed by atoms with Crippen molar-refractivity contribution in [2.45, 2.75) is 57.9 Å². The zero-order valence-corrected chi connectivity index (χ0v) is 12.0. The molecular weight excluding hydrogens is 224 g/mol. The topological polar surface area (TPSA) is 38.5 Å². The first-order valence-electron chi connectivity index (χ1n) is 7.81. The van der Waals surface area contributed by atoms with Crippen LogP contribution in [0.4, 0.5) is 0 Å². The van der Waals surface area contributed by atoms with E-state index in [-0.39, 0.29) is 5.41 Å². The summed E-state index contributed by atoms with van der Waals surface area (Å²) in [6, 6.07) is 0.800. The van der Waals surface area contributed by atoms with Gasteiger partial charge in [-0.15, -0.1) is 0 Å². The third-order valence-electron chi connectivity index (χ3n) is 4.87. The van der Waals surface area contributed by atoms with Crippen molar-refractivity contribution in [2.75, 3.05) is 32.8 Å². The van der Waals surface area contributed by atoms with Crippen molar-refractivity contribution >= 4 is 0 Å². The molecule has 0 bridgehead atoms. The summed E-state index contributed by atoms with van der Waals surface area (Å²) >= 11 is 0. The minimum atomic E-state index is 0.228. The molecule has 2 N–H and O–H groups in total. The Morgan fingerprint density at radius 1 is 1.22 bits per heavy atom. The molecule has 0 radical (unpaired) electrons. The summed E-state index contributed by atoms with van der Waals surface area (Å²) in [6.45, 7) is 7.17. The Morgan fingerprint density at radius 3 is 2.56 bits per heavy atom. The van der Waals surface area contributed by atoms with Gasteiger partial charge in [0.25, 0.3) is 0 Å². The molecule has 3 nitrogen and oxygen atoms in total. The number of rotatable bonds is 5. The van der Waals surface area contributed by atoms with Gasteiger partial charge in [0.1, 0.15) is 0 Å². The van der Waals surface area contributed by atoms with Crippen LogP contribution in [-0.4, -0.2) is 43.8 Å². The van der Waals surface area contributed by atoms with Gasteiger partial charge in [-0.05, 0) is 32.2 Å². The zero-order valence-electron chi connectivity index (χ0n) is 12.0. The van der Waals surface area contributed by atoms with Crippen LogP contribution in [0.15, 0.2) is 0 Å². The van der Waals surface area contributed by atoms with E-state index < -0.39 is 0 Å². The van der Waals surface area contributed by atoms with E-state index in [1.165, 1.54) is 44.9 Å². The van der Waals surface area contributed by atoms with Crippen LogP contribution in [0.1, 0.15) is 51.9 Å². The highest BCUT2D eigenvalue weighted by atomic mass is 16.5. The van der Waals surface area contributed by atoms with E-state index in [1.54, 1.807) is 0 Å². The number of hydrogen-bond acceptors (Lipinski definition) is 3. The molecule has 1 heterocycles. The predicted octanol–water partition coefficient (Wildman–Crippen LogP) is 2.40. The van der Waals surface area contributed by atoms with Crippen molar-refractivity contribution in [1.82, 2.24) is 4.90 Å². The normalized spacial score (nSPS) is 30.8. The van der Waals surface area contributed by atoms with E-state index in [0.29, 0.717) is 0 Å². The molecule has 0 spiro atoms. The molecule has 1 aliphatic carbocycles. The molecule has 0 amide bonds. The molecular formula is C15H30N2O. The highest BCUT2D eigenvalue weighted by molar-refractivity contribution is 4.88. The summed E-state index contributed by atoms with van der Waals surface area (Å²) in [5.41, 5.74) is 6.29. The van der Waals surface area contributed by atoms with Gasteiger partial charge in [-0.25, -0.2) is 0 Å². The van der Waals surface area contributed by atoms with Crippen molar-refractivity contribution in [2.24, 2.45) is 11.1 Å². The van der Waals surface area contributed by atoms with Crippen LogP contribution in [0, 0.1) is 5.41 Å². The summed E-state index contributed by atoms with van der Waals surface area (Å²) in [5, 5.41) is 0.